The molecule has 0 N–H and O–H groups in total. The van der Waals surface area contributed by atoms with Crippen LogP contribution in [0.4, 0.5) is 13.2 Å². The number of nitrogens with zero attached hydrogens (tertiary/aromatic N) is 1. The number of amides is 1. The van der Waals surface area contributed by atoms with Crippen molar-refractivity contribution in [3.63, 3.8) is 0 Å². The molecular formula is C9H16F3NOS. The summed E-state index contributed by atoms with van der Waals surface area (Å²) in [6.45, 7) is 3.57. The Labute approximate surface area is 89.6 Å². The summed E-state index contributed by atoms with van der Waals surface area (Å²) in [7, 11) is 0.0249. The molecule has 0 unspecified atom stereocenters. The van der Waals surface area contributed by atoms with Gasteiger partial charge in [0.05, 0.1) is 6.42 Å². The first kappa shape index (κ1) is 14.3. The molecule has 90 valence electrons. The van der Waals surface area contributed by atoms with Crippen molar-refractivity contribution in [3.05, 3.63) is 12.0 Å². The van der Waals surface area contributed by atoms with Crippen LogP contribution in [0, 0.1) is 0 Å². The summed E-state index contributed by atoms with van der Waals surface area (Å²) in [5.41, 5.74) is 0. The molecule has 1 amide bonds. The molecule has 6 heteroatoms. The van der Waals surface area contributed by atoms with Gasteiger partial charge in [0, 0.05) is 13.5 Å². The van der Waals surface area contributed by atoms with Gasteiger partial charge in [0.25, 0.3) is 0 Å². The van der Waals surface area contributed by atoms with Gasteiger partial charge in [-0.05, 0) is 17.9 Å². The van der Waals surface area contributed by atoms with Gasteiger partial charge in [0.2, 0.25) is 5.91 Å². The maximum absolute atomic E-state index is 11.9. The number of carbonyl (C=O) groups is 1. The van der Waals surface area contributed by atoms with E-state index in [-0.39, 0.29) is 0 Å². The number of rotatable bonds is 4. The summed E-state index contributed by atoms with van der Waals surface area (Å²) in [4.78, 5) is 11.4. The van der Waals surface area contributed by atoms with E-state index in [4.69, 9.17) is 0 Å². The van der Waals surface area contributed by atoms with Crippen molar-refractivity contribution in [2.24, 2.45) is 0 Å². The van der Waals surface area contributed by atoms with Crippen LogP contribution in [0.15, 0.2) is 12.0 Å². The van der Waals surface area contributed by atoms with Crippen molar-refractivity contribution in [1.82, 2.24) is 4.31 Å². The Hall–Kier alpha value is -0.650. The average Bonchev–Trinajstić information content (AvgIpc) is 2.11. The van der Waals surface area contributed by atoms with Gasteiger partial charge < -0.3 is 4.31 Å². The maximum Gasteiger partial charge on any atom is 0.389 e. The molecule has 0 bridgehead atoms. The summed E-state index contributed by atoms with van der Waals surface area (Å²) in [6.07, 6.45) is -2.24. The molecule has 0 saturated carbocycles. The van der Waals surface area contributed by atoms with Crippen LogP contribution in [0.2, 0.25) is 0 Å². The van der Waals surface area contributed by atoms with Crippen molar-refractivity contribution in [3.8, 4) is 0 Å². The van der Waals surface area contributed by atoms with Crippen LogP contribution in [-0.2, 0) is 4.79 Å². The van der Waals surface area contributed by atoms with E-state index in [1.807, 2.05) is 0 Å². The number of alkyl halides is 3. The van der Waals surface area contributed by atoms with Crippen LogP contribution in [0.3, 0.4) is 0 Å². The summed E-state index contributed by atoms with van der Waals surface area (Å²) in [5, 5.41) is 1.61. The van der Waals surface area contributed by atoms with E-state index in [1.54, 1.807) is 17.9 Å². The number of halogens is 3. The predicted molar refractivity (Wildman–Crippen MR) is 57.7 cm³/mol. The molecule has 0 rings (SSSR count). The zero-order chi connectivity index (χ0) is 12.3. The third kappa shape index (κ3) is 5.11. The molecule has 0 aromatic rings. The minimum Gasteiger partial charge on any atom is -0.305 e. The Morgan fingerprint density at radius 3 is 2.27 bits per heavy atom. The zero-order valence-corrected chi connectivity index (χ0v) is 9.91. The zero-order valence-electron chi connectivity index (χ0n) is 9.10. The van der Waals surface area contributed by atoms with E-state index < -0.39 is 35.1 Å². The lowest BCUT2D eigenvalue weighted by atomic mass is 10.3. The second-order valence-electron chi connectivity index (χ2n) is 3.52. The summed E-state index contributed by atoms with van der Waals surface area (Å²) < 4.78 is 37.0. The first-order chi connectivity index (χ1) is 6.60. The maximum atomic E-state index is 11.9. The second-order valence-corrected chi connectivity index (χ2v) is 7.10. The molecule has 0 radical (unpaired) electrons. The van der Waals surface area contributed by atoms with Crippen LogP contribution < -0.4 is 0 Å². The van der Waals surface area contributed by atoms with Crippen LogP contribution in [0.5, 0.6) is 0 Å². The van der Waals surface area contributed by atoms with Crippen molar-refractivity contribution in [1.29, 1.82) is 0 Å². The fourth-order valence-corrected chi connectivity index (χ4v) is 1.62. The fourth-order valence-electron chi connectivity index (χ4n) is 0.780. The first-order valence-electron chi connectivity index (χ1n) is 4.29. The Kier molecular flexibility index (Phi) is 4.70. The Morgan fingerprint density at radius 2 is 1.93 bits per heavy atom. The number of hydrogen-bond acceptors (Lipinski definition) is 1. The third-order valence-electron chi connectivity index (χ3n) is 2.09. The summed E-state index contributed by atoms with van der Waals surface area (Å²) in [5.74, 6) is -0.493. The van der Waals surface area contributed by atoms with E-state index in [0.29, 0.717) is 0 Å². The van der Waals surface area contributed by atoms with Crippen LogP contribution in [0.25, 0.3) is 0 Å². The van der Waals surface area contributed by atoms with Gasteiger partial charge in [-0.25, -0.2) is 0 Å². The Bertz CT molecular complexity index is 250. The van der Waals surface area contributed by atoms with Crippen LogP contribution in [-0.4, -0.2) is 35.9 Å². The monoisotopic (exact) mass is 243 g/mol. The molecule has 0 aliphatic carbocycles. The molecule has 0 fully saturated rings. The molecule has 0 spiro atoms. The van der Waals surface area contributed by atoms with Crippen LogP contribution in [0.1, 0.15) is 12.8 Å². The molecular weight excluding hydrogens is 227 g/mol. The number of carbonyl (C=O) groups excluding carboxylic acids is 1. The summed E-state index contributed by atoms with van der Waals surface area (Å²) in [6, 6.07) is 0. The highest BCUT2D eigenvalue weighted by atomic mass is 32.3. The molecule has 0 aromatic heterocycles. The van der Waals surface area contributed by atoms with Crippen molar-refractivity contribution in [2.75, 3.05) is 19.6 Å². The Morgan fingerprint density at radius 1 is 1.47 bits per heavy atom. The molecule has 0 aliphatic heterocycles. The predicted octanol–water partition coefficient (Wildman–Crippen LogP) is 2.91. The second kappa shape index (κ2) is 4.92. The Balaban J connectivity index is 4.29. The molecule has 0 atom stereocenters. The minimum absolute atomic E-state index is 0.493. The van der Waals surface area contributed by atoms with E-state index >= 15 is 0 Å². The highest BCUT2D eigenvalue weighted by Gasteiger charge is 2.30. The lowest BCUT2D eigenvalue weighted by Crippen LogP contribution is -2.29. The third-order valence-corrected chi connectivity index (χ3v) is 4.52. The van der Waals surface area contributed by atoms with Crippen molar-refractivity contribution < 1.29 is 18.0 Å². The van der Waals surface area contributed by atoms with Gasteiger partial charge in [0.15, 0.2) is 0 Å². The van der Waals surface area contributed by atoms with E-state index in [1.165, 1.54) is 11.4 Å². The SMILES string of the molecule is C=CS(C)(C)N(C)C(=O)CCC(F)(F)F. The molecule has 0 saturated heterocycles. The van der Waals surface area contributed by atoms with Gasteiger partial charge in [0.1, 0.15) is 0 Å². The van der Waals surface area contributed by atoms with Gasteiger partial charge in [-0.2, -0.15) is 23.4 Å². The average molecular weight is 243 g/mol. The molecule has 2 nitrogen and oxygen atoms in total. The molecule has 0 aliphatic rings. The van der Waals surface area contributed by atoms with E-state index in [0.717, 1.165) is 0 Å². The standard InChI is InChI=1S/C9H16F3NOS/c1-5-15(3,4)13(2)8(14)6-7-9(10,11)12/h5H,1,6-7H2,2-4H3. The van der Waals surface area contributed by atoms with Gasteiger partial charge in [-0.15, -0.1) is 0 Å². The highest BCUT2D eigenvalue weighted by molar-refractivity contribution is 8.33. The van der Waals surface area contributed by atoms with E-state index in [2.05, 4.69) is 6.58 Å². The number of hydrogen-bond donors (Lipinski definition) is 0. The highest BCUT2D eigenvalue weighted by Crippen LogP contribution is 2.44. The minimum atomic E-state index is -4.27. The molecule has 15 heavy (non-hydrogen) atoms. The fraction of sp³-hybridized carbons (Fsp3) is 0.667. The lowest BCUT2D eigenvalue weighted by Gasteiger charge is -2.37. The summed E-state index contributed by atoms with van der Waals surface area (Å²) >= 11 is 0. The smallest absolute Gasteiger partial charge is 0.305 e. The van der Waals surface area contributed by atoms with E-state index in [9.17, 15) is 18.0 Å². The van der Waals surface area contributed by atoms with Gasteiger partial charge in [-0.1, -0.05) is 6.58 Å². The largest absolute Gasteiger partial charge is 0.389 e. The topological polar surface area (TPSA) is 20.3 Å². The molecule has 0 aromatic carbocycles. The van der Waals surface area contributed by atoms with Crippen molar-refractivity contribution in [2.45, 2.75) is 19.0 Å². The normalized spacial score (nSPS) is 13.5. The molecule has 0 heterocycles. The van der Waals surface area contributed by atoms with Gasteiger partial charge >= 0.3 is 6.18 Å². The van der Waals surface area contributed by atoms with Crippen molar-refractivity contribution >= 4 is 16.1 Å². The first-order valence-corrected chi connectivity index (χ1v) is 6.76. The van der Waals surface area contributed by atoms with Gasteiger partial charge in [-0.3, -0.25) is 4.79 Å². The van der Waals surface area contributed by atoms with Crippen LogP contribution >= 0.6 is 10.2 Å². The lowest BCUT2D eigenvalue weighted by molar-refractivity contribution is -0.146. The quantitative estimate of drug-likeness (QED) is 0.743.